The van der Waals surface area contributed by atoms with Gasteiger partial charge in [0.1, 0.15) is 5.75 Å². The monoisotopic (exact) mass is 289 g/mol. The van der Waals surface area contributed by atoms with E-state index in [2.05, 4.69) is 0 Å². The Kier molecular flexibility index (Phi) is 5.60. The molecule has 0 spiro atoms. The van der Waals surface area contributed by atoms with Crippen LogP contribution in [0.3, 0.4) is 0 Å². The minimum absolute atomic E-state index is 0.0295. The van der Waals surface area contributed by atoms with Gasteiger partial charge in [0, 0.05) is 5.56 Å². The van der Waals surface area contributed by atoms with Gasteiger partial charge in [0.2, 0.25) is 0 Å². The minimum atomic E-state index is -0.122. The predicted octanol–water partition coefficient (Wildman–Crippen LogP) is 3.76. The molecule has 104 valence electrons. The van der Waals surface area contributed by atoms with Gasteiger partial charge < -0.3 is 5.11 Å². The molecule has 0 saturated carbocycles. The number of aryl methyl sites for hydroxylation is 3. The molecule has 0 amide bonds. The molecule has 0 heterocycles. The normalized spacial score (nSPS) is 9.55. The lowest BCUT2D eigenvalue weighted by molar-refractivity contribution is 0.103. The molecule has 4 heteroatoms. The van der Waals surface area contributed by atoms with Crippen molar-refractivity contribution in [1.29, 1.82) is 0 Å². The van der Waals surface area contributed by atoms with Crippen molar-refractivity contribution < 1.29 is 14.5 Å². The van der Waals surface area contributed by atoms with Crippen molar-refractivity contribution in [3.8, 4) is 5.75 Å². The standard InChI is InChI=1S/C16H16O2.H2OP/c1-10-8-11(2)15(12(3)9-10)16(18)13-6-4-5-7-14(13)17;1-2/h4-9,17H,1-3H3;2H2/q;+1. The molecule has 0 aliphatic rings. The third-order valence-electron chi connectivity index (χ3n) is 3.05. The van der Waals surface area contributed by atoms with Crippen LogP contribution in [0.5, 0.6) is 5.75 Å². The summed E-state index contributed by atoms with van der Waals surface area (Å²) in [5.74, 6) is -0.0926. The first-order valence-corrected chi connectivity index (χ1v) is 6.62. The molecule has 0 aromatic heterocycles. The molecule has 1 atom stereocenters. The molecule has 0 fully saturated rings. The largest absolute Gasteiger partial charge is 0.507 e. The van der Waals surface area contributed by atoms with Crippen molar-refractivity contribution in [1.82, 2.24) is 0 Å². The van der Waals surface area contributed by atoms with Crippen molar-refractivity contribution in [2.75, 3.05) is 0 Å². The summed E-state index contributed by atoms with van der Waals surface area (Å²) in [5.41, 5.74) is 4.06. The van der Waals surface area contributed by atoms with Crippen LogP contribution in [0.15, 0.2) is 36.4 Å². The number of carbonyl (C=O) groups excluding carboxylic acids is 1. The van der Waals surface area contributed by atoms with Crippen LogP contribution in [0.4, 0.5) is 0 Å². The van der Waals surface area contributed by atoms with E-state index in [1.165, 1.54) is 15.2 Å². The lowest BCUT2D eigenvalue weighted by Crippen LogP contribution is -2.07. The molecule has 2 rings (SSSR count). The van der Waals surface area contributed by atoms with Crippen molar-refractivity contribution >= 4 is 14.9 Å². The summed E-state index contributed by atoms with van der Waals surface area (Å²) >= 11 is 0. The summed E-state index contributed by atoms with van der Waals surface area (Å²) in [6, 6.07) is 10.6. The molecule has 1 N–H and O–H groups in total. The molecule has 20 heavy (non-hydrogen) atoms. The second-order valence-electron chi connectivity index (χ2n) is 4.62. The van der Waals surface area contributed by atoms with Crippen LogP contribution in [0.2, 0.25) is 0 Å². The second-order valence-corrected chi connectivity index (χ2v) is 4.62. The summed E-state index contributed by atoms with van der Waals surface area (Å²) in [4.78, 5) is 12.5. The van der Waals surface area contributed by atoms with E-state index in [0.717, 1.165) is 16.7 Å². The van der Waals surface area contributed by atoms with E-state index in [4.69, 9.17) is 4.57 Å². The van der Waals surface area contributed by atoms with E-state index >= 15 is 0 Å². The molecule has 0 aliphatic heterocycles. The number of carbonyl (C=O) groups is 1. The smallest absolute Gasteiger partial charge is 0.310 e. The number of phenols is 1. The molecule has 2 aromatic rings. The van der Waals surface area contributed by atoms with Crippen molar-refractivity contribution in [2.24, 2.45) is 0 Å². The van der Waals surface area contributed by atoms with Crippen LogP contribution in [0, 0.1) is 20.8 Å². The number of rotatable bonds is 2. The Morgan fingerprint density at radius 3 is 2.00 bits per heavy atom. The molecule has 0 bridgehead atoms. The first-order chi connectivity index (χ1) is 9.50. The van der Waals surface area contributed by atoms with Gasteiger partial charge in [0.15, 0.2) is 5.78 Å². The van der Waals surface area contributed by atoms with Crippen molar-refractivity contribution in [3.05, 3.63) is 64.2 Å². The summed E-state index contributed by atoms with van der Waals surface area (Å²) in [5, 5.41) is 9.76. The highest BCUT2D eigenvalue weighted by Gasteiger charge is 2.17. The Balaban J connectivity index is 0.000000956. The average molecular weight is 289 g/mol. The molecule has 0 radical (unpaired) electrons. The van der Waals surface area contributed by atoms with E-state index < -0.39 is 0 Å². The lowest BCUT2D eigenvalue weighted by Gasteiger charge is -2.11. The van der Waals surface area contributed by atoms with Gasteiger partial charge in [-0.3, -0.25) is 4.79 Å². The highest BCUT2D eigenvalue weighted by Crippen LogP contribution is 2.24. The zero-order valence-electron chi connectivity index (χ0n) is 11.8. The highest BCUT2D eigenvalue weighted by atomic mass is 31.0. The topological polar surface area (TPSA) is 54.4 Å². The fraction of sp³-hybridized carbons (Fsp3) is 0.188. The molecular formula is C16H18O3P+. The SMILES string of the molecule is Cc1cc(C)c(C(=O)c2ccccc2O)c(C)c1.O=[PH2+]. The third kappa shape index (κ3) is 3.31. The minimum Gasteiger partial charge on any atom is -0.507 e. The van der Waals surface area contributed by atoms with E-state index in [0.29, 0.717) is 11.1 Å². The third-order valence-corrected chi connectivity index (χ3v) is 3.05. The maximum atomic E-state index is 12.5. The number of benzene rings is 2. The molecule has 0 aliphatic carbocycles. The lowest BCUT2D eigenvalue weighted by atomic mass is 9.93. The van der Waals surface area contributed by atoms with Gasteiger partial charge in [-0.2, -0.15) is 0 Å². The van der Waals surface area contributed by atoms with Gasteiger partial charge in [0.05, 0.1) is 5.56 Å². The van der Waals surface area contributed by atoms with E-state index in [1.807, 2.05) is 32.9 Å². The maximum absolute atomic E-state index is 12.5. The Bertz CT molecular complexity index is 612. The average Bonchev–Trinajstić information content (AvgIpc) is 2.40. The number of ketones is 1. The van der Waals surface area contributed by atoms with Crippen LogP contribution < -0.4 is 0 Å². The number of hydrogen-bond acceptors (Lipinski definition) is 3. The summed E-state index contributed by atoms with van der Waals surface area (Å²) < 4.78 is 8.17. The number of hydrogen-bond donors (Lipinski definition) is 1. The van der Waals surface area contributed by atoms with Gasteiger partial charge >= 0.3 is 9.12 Å². The first-order valence-electron chi connectivity index (χ1n) is 6.15. The summed E-state index contributed by atoms with van der Waals surface area (Å²) in [7, 11) is 1.17. The summed E-state index contributed by atoms with van der Waals surface area (Å²) in [6.45, 7) is 5.86. The molecule has 2 aromatic carbocycles. The quantitative estimate of drug-likeness (QED) is 0.676. The van der Waals surface area contributed by atoms with Crippen LogP contribution >= 0.6 is 9.12 Å². The van der Waals surface area contributed by atoms with Crippen LogP contribution in [-0.4, -0.2) is 10.9 Å². The van der Waals surface area contributed by atoms with Gasteiger partial charge in [-0.15, -0.1) is 0 Å². The van der Waals surface area contributed by atoms with E-state index in [1.54, 1.807) is 18.2 Å². The maximum Gasteiger partial charge on any atom is 0.310 e. The zero-order valence-corrected chi connectivity index (χ0v) is 13.0. The van der Waals surface area contributed by atoms with Crippen LogP contribution in [0.1, 0.15) is 32.6 Å². The zero-order chi connectivity index (χ0) is 15.3. The van der Waals surface area contributed by atoms with Gasteiger partial charge in [-0.1, -0.05) is 34.4 Å². The number of para-hydroxylation sites is 1. The first kappa shape index (κ1) is 16.1. The second kappa shape index (κ2) is 6.97. The predicted molar refractivity (Wildman–Crippen MR) is 82.6 cm³/mol. The molecule has 1 unspecified atom stereocenters. The molecule has 3 nitrogen and oxygen atoms in total. The molecule has 0 saturated heterocycles. The fourth-order valence-electron chi connectivity index (χ4n) is 2.34. The van der Waals surface area contributed by atoms with Gasteiger partial charge in [0.25, 0.3) is 0 Å². The van der Waals surface area contributed by atoms with Gasteiger partial charge in [-0.25, -0.2) is 0 Å². The Hall–Kier alpha value is -1.99. The fourth-order valence-corrected chi connectivity index (χ4v) is 2.34. The van der Waals surface area contributed by atoms with Crippen LogP contribution in [-0.2, 0) is 4.57 Å². The molecular weight excluding hydrogens is 271 g/mol. The van der Waals surface area contributed by atoms with Crippen molar-refractivity contribution in [2.45, 2.75) is 20.8 Å². The Morgan fingerprint density at radius 2 is 1.50 bits per heavy atom. The van der Waals surface area contributed by atoms with E-state index in [-0.39, 0.29) is 11.5 Å². The summed E-state index contributed by atoms with van der Waals surface area (Å²) in [6.07, 6.45) is 0. The van der Waals surface area contributed by atoms with E-state index in [9.17, 15) is 9.90 Å². The Morgan fingerprint density at radius 1 is 1.00 bits per heavy atom. The van der Waals surface area contributed by atoms with Crippen molar-refractivity contribution in [3.63, 3.8) is 0 Å². The number of aromatic hydroxyl groups is 1. The number of phenolic OH excluding ortho intramolecular Hbond substituents is 1. The Labute approximate surface area is 120 Å². The van der Waals surface area contributed by atoms with Gasteiger partial charge in [-0.05, 0) is 44.0 Å². The van der Waals surface area contributed by atoms with Crippen LogP contribution in [0.25, 0.3) is 0 Å². The highest BCUT2D eigenvalue weighted by molar-refractivity contribution is 7.00.